The molecule has 0 saturated heterocycles. The minimum absolute atomic E-state index is 0. The predicted molar refractivity (Wildman–Crippen MR) is 75.9 cm³/mol. The van der Waals surface area contributed by atoms with E-state index in [1.165, 1.54) is 16.3 Å². The molecule has 4 heteroatoms. The summed E-state index contributed by atoms with van der Waals surface area (Å²) in [4.78, 5) is 4.51. The third-order valence-electron chi connectivity index (χ3n) is 3.66. The topological polar surface area (TPSA) is 12.9 Å². The maximum atomic E-state index is 4.51. The van der Waals surface area contributed by atoms with E-state index in [1.807, 2.05) is 12.3 Å². The van der Waals surface area contributed by atoms with E-state index in [4.69, 9.17) is 0 Å². The summed E-state index contributed by atoms with van der Waals surface area (Å²) in [7, 11) is 0. The van der Waals surface area contributed by atoms with Gasteiger partial charge in [-0.1, -0.05) is 26.0 Å². The normalized spacial score (nSPS) is 10.2. The predicted octanol–water partition coefficient (Wildman–Crippen LogP) is -1.71. The zero-order valence-electron chi connectivity index (χ0n) is 11.9. The fraction of sp³-hybridized carbons (Fsp3) is 0.176. The van der Waals surface area contributed by atoms with Crippen molar-refractivity contribution in [1.29, 1.82) is 0 Å². The van der Waals surface area contributed by atoms with E-state index in [1.54, 1.807) is 0 Å². The van der Waals surface area contributed by atoms with Crippen LogP contribution in [0.15, 0.2) is 60.8 Å². The number of pyridine rings is 1. The van der Waals surface area contributed by atoms with E-state index in [0.29, 0.717) is 0 Å². The summed E-state index contributed by atoms with van der Waals surface area (Å²) in [5.41, 5.74) is 2.39. The van der Waals surface area contributed by atoms with Crippen LogP contribution in [-0.4, -0.2) is 4.98 Å². The smallest absolute Gasteiger partial charge is 1.00 e. The molecule has 0 amide bonds. The Morgan fingerprint density at radius 1 is 0.952 bits per heavy atom. The fourth-order valence-corrected chi connectivity index (χ4v) is 2.57. The van der Waals surface area contributed by atoms with Gasteiger partial charge in [-0.15, -0.1) is 46.7 Å². The average molecular weight is 357 g/mol. The van der Waals surface area contributed by atoms with Crippen molar-refractivity contribution in [3.05, 3.63) is 72.1 Å². The molecule has 0 aliphatic rings. The first-order valence-corrected chi connectivity index (χ1v) is 6.26. The zero-order chi connectivity index (χ0) is 12.6. The molecule has 0 bridgehead atoms. The number of aromatic nitrogens is 1. The third kappa shape index (κ3) is 3.65. The molecule has 1 nitrogen and oxygen atoms in total. The summed E-state index contributed by atoms with van der Waals surface area (Å²) >= 11 is 0. The first kappa shape index (κ1) is 20.1. The van der Waals surface area contributed by atoms with Crippen molar-refractivity contribution < 1.29 is 42.2 Å². The van der Waals surface area contributed by atoms with Gasteiger partial charge in [0.2, 0.25) is 0 Å². The maximum absolute atomic E-state index is 4.51. The van der Waals surface area contributed by atoms with Gasteiger partial charge in [0.1, 0.15) is 0 Å². The van der Waals surface area contributed by atoms with Gasteiger partial charge in [-0.05, 0) is 17.5 Å². The summed E-state index contributed by atoms with van der Waals surface area (Å²) < 4.78 is 0. The van der Waals surface area contributed by atoms with Crippen molar-refractivity contribution in [2.24, 2.45) is 0 Å². The molecule has 1 radical (unpaired) electrons. The molecule has 3 aromatic rings. The third-order valence-corrected chi connectivity index (χ3v) is 3.66. The molecule has 0 fully saturated rings. The molecular formula is C17H16Cl2CrN. The van der Waals surface area contributed by atoms with E-state index in [2.05, 4.69) is 67.4 Å². The van der Waals surface area contributed by atoms with Crippen LogP contribution >= 0.6 is 0 Å². The first-order chi connectivity index (χ1) is 8.69. The quantitative estimate of drug-likeness (QED) is 0.498. The number of rotatable bonds is 2. The van der Waals surface area contributed by atoms with Crippen LogP contribution in [0.4, 0.5) is 0 Å². The number of benzene rings is 1. The van der Waals surface area contributed by atoms with Crippen LogP contribution in [0.1, 0.15) is 25.1 Å². The van der Waals surface area contributed by atoms with Crippen molar-refractivity contribution in [3.8, 4) is 0 Å². The van der Waals surface area contributed by atoms with Crippen molar-refractivity contribution in [3.63, 3.8) is 0 Å². The van der Waals surface area contributed by atoms with Gasteiger partial charge in [-0.3, -0.25) is 4.98 Å². The van der Waals surface area contributed by atoms with Gasteiger partial charge >= 0.3 is 17.4 Å². The molecule has 0 aliphatic heterocycles. The zero-order valence-corrected chi connectivity index (χ0v) is 14.7. The summed E-state index contributed by atoms with van der Waals surface area (Å²) in [6.45, 7) is 4.47. The van der Waals surface area contributed by atoms with Crippen LogP contribution in [0, 0.1) is 0 Å². The maximum Gasteiger partial charge on any atom is 3.00 e. The molecule has 0 unspecified atom stereocenters. The monoisotopic (exact) mass is 356 g/mol. The van der Waals surface area contributed by atoms with E-state index in [0.717, 1.165) is 5.69 Å². The van der Waals surface area contributed by atoms with Crippen molar-refractivity contribution >= 4 is 10.8 Å². The Balaban J connectivity index is 0.00000133. The van der Waals surface area contributed by atoms with Crippen molar-refractivity contribution in [2.75, 3.05) is 0 Å². The van der Waals surface area contributed by atoms with Crippen molar-refractivity contribution in [2.45, 2.75) is 19.3 Å². The van der Waals surface area contributed by atoms with E-state index in [-0.39, 0.29) is 47.6 Å². The Kier molecular flexibility index (Phi) is 7.58. The molecule has 1 heterocycles. The Morgan fingerprint density at radius 2 is 1.62 bits per heavy atom. The molecular weight excluding hydrogens is 341 g/mol. The standard InChI is InChI=1S/C17H16N.2ClH.Cr/c1-17(2,16-9-5-6-12-18-16)15-11-10-13-7-3-4-8-14(13)15;;;/h3-12H,1-2H3;2*1H;/q-1;;;+3/p-2. The second-order valence-electron chi connectivity index (χ2n) is 5.17. The Bertz CT molecular complexity index is 677. The van der Waals surface area contributed by atoms with Crippen LogP contribution in [0.25, 0.3) is 10.8 Å². The van der Waals surface area contributed by atoms with Gasteiger partial charge in [0.15, 0.2) is 0 Å². The SMILES string of the molecule is CC(C)(c1ccccn1)c1c[cH-]c2ccccc12.[Cl-].[Cl-].[Cr+3]. The van der Waals surface area contributed by atoms with Crippen LogP contribution in [-0.2, 0) is 22.8 Å². The number of halogens is 2. The molecule has 0 saturated carbocycles. The molecule has 1 aromatic heterocycles. The molecule has 0 aliphatic carbocycles. The molecule has 2 aromatic carbocycles. The molecule has 0 spiro atoms. The minimum atomic E-state index is -0.0651. The minimum Gasteiger partial charge on any atom is -1.00 e. The fourth-order valence-electron chi connectivity index (χ4n) is 2.57. The summed E-state index contributed by atoms with van der Waals surface area (Å²) in [6.07, 6.45) is 1.86. The Hall–Kier alpha value is -0.908. The van der Waals surface area contributed by atoms with Crippen LogP contribution in [0.5, 0.6) is 0 Å². The largest absolute Gasteiger partial charge is 3.00 e. The summed E-state index contributed by atoms with van der Waals surface area (Å²) in [5.74, 6) is 0. The summed E-state index contributed by atoms with van der Waals surface area (Å²) in [6, 6.07) is 19.1. The van der Waals surface area contributed by atoms with Crippen LogP contribution in [0.3, 0.4) is 0 Å². The van der Waals surface area contributed by atoms with E-state index < -0.39 is 0 Å². The summed E-state index contributed by atoms with van der Waals surface area (Å²) in [5, 5.41) is 2.63. The van der Waals surface area contributed by atoms with Gasteiger partial charge in [0.25, 0.3) is 0 Å². The van der Waals surface area contributed by atoms with Gasteiger partial charge < -0.3 is 24.8 Å². The van der Waals surface area contributed by atoms with Crippen molar-refractivity contribution in [1.82, 2.24) is 4.98 Å². The van der Waals surface area contributed by atoms with Crippen LogP contribution in [0.2, 0.25) is 0 Å². The Labute approximate surface area is 149 Å². The van der Waals surface area contributed by atoms with E-state index >= 15 is 0 Å². The Morgan fingerprint density at radius 3 is 2.29 bits per heavy atom. The second kappa shape index (κ2) is 7.92. The number of hydrogen-bond acceptors (Lipinski definition) is 1. The number of hydrogen-bond donors (Lipinski definition) is 0. The van der Waals surface area contributed by atoms with Gasteiger partial charge in [-0.25, -0.2) is 0 Å². The van der Waals surface area contributed by atoms with Crippen LogP contribution < -0.4 is 24.8 Å². The van der Waals surface area contributed by atoms with Gasteiger partial charge in [0, 0.05) is 11.9 Å². The van der Waals surface area contributed by atoms with E-state index in [9.17, 15) is 0 Å². The number of fused-ring (bicyclic) bond motifs is 1. The second-order valence-corrected chi connectivity index (χ2v) is 5.17. The van der Waals surface area contributed by atoms with Gasteiger partial charge in [-0.2, -0.15) is 0 Å². The molecule has 109 valence electrons. The molecule has 0 atom stereocenters. The molecule has 0 N–H and O–H groups in total. The average Bonchev–Trinajstić information content (AvgIpc) is 2.84. The first-order valence-electron chi connectivity index (χ1n) is 6.26. The molecule has 21 heavy (non-hydrogen) atoms. The van der Waals surface area contributed by atoms with Gasteiger partial charge in [0.05, 0.1) is 0 Å². The number of nitrogens with zero attached hydrogens (tertiary/aromatic N) is 1. The molecule has 3 rings (SSSR count).